The largest absolute Gasteiger partial charge is 0.493 e. The number of hydrogen-bond donors (Lipinski definition) is 1. The average molecular weight is 384 g/mol. The highest BCUT2D eigenvalue weighted by atomic mass is 35.5. The molecule has 0 bridgehead atoms. The number of anilines is 2. The van der Waals surface area contributed by atoms with Crippen LogP contribution in [0.4, 0.5) is 11.4 Å². The van der Waals surface area contributed by atoms with Gasteiger partial charge < -0.3 is 14.8 Å². The Morgan fingerprint density at radius 3 is 2.22 bits per heavy atom. The Hall–Kier alpha value is -2.97. The van der Waals surface area contributed by atoms with Crippen molar-refractivity contribution >= 4 is 34.7 Å². The monoisotopic (exact) mass is 383 g/mol. The minimum atomic E-state index is 0. The molecule has 0 saturated heterocycles. The summed E-state index contributed by atoms with van der Waals surface area (Å²) >= 11 is 0. The van der Waals surface area contributed by atoms with E-state index in [1.165, 1.54) is 5.56 Å². The Morgan fingerprint density at radius 2 is 1.67 bits per heavy atom. The molecule has 0 unspecified atom stereocenters. The molecule has 27 heavy (non-hydrogen) atoms. The Kier molecular flexibility index (Phi) is 6.49. The van der Waals surface area contributed by atoms with Gasteiger partial charge in [0.05, 0.1) is 31.0 Å². The lowest BCUT2D eigenvalue weighted by Gasteiger charge is -2.15. The molecule has 0 aliphatic carbocycles. The highest BCUT2D eigenvalue weighted by molar-refractivity contribution is 5.97. The molecule has 0 amide bonds. The molecule has 0 radical (unpaired) electrons. The van der Waals surface area contributed by atoms with Crippen molar-refractivity contribution in [3.8, 4) is 17.6 Å². The van der Waals surface area contributed by atoms with Gasteiger partial charge in [0.2, 0.25) is 0 Å². The van der Waals surface area contributed by atoms with Gasteiger partial charge in [0.15, 0.2) is 11.5 Å². The van der Waals surface area contributed by atoms with E-state index in [-0.39, 0.29) is 12.4 Å². The SMILES string of the molecule is COc1cc2ncc(C#N)c(Nc3ccc(C(C)C)cc3)c2cc1OC.Cl. The molecule has 1 N–H and O–H groups in total. The van der Waals surface area contributed by atoms with E-state index in [1.54, 1.807) is 20.4 Å². The van der Waals surface area contributed by atoms with Gasteiger partial charge in [-0.1, -0.05) is 26.0 Å². The topological polar surface area (TPSA) is 67.2 Å². The number of nitrogens with zero attached hydrogens (tertiary/aromatic N) is 2. The Balaban J connectivity index is 0.00000261. The number of methoxy groups -OCH3 is 2. The van der Waals surface area contributed by atoms with Crippen LogP contribution in [0.2, 0.25) is 0 Å². The van der Waals surface area contributed by atoms with Crippen LogP contribution in [0.15, 0.2) is 42.6 Å². The van der Waals surface area contributed by atoms with Crippen molar-refractivity contribution in [1.82, 2.24) is 4.98 Å². The summed E-state index contributed by atoms with van der Waals surface area (Å²) in [5, 5.41) is 13.7. The second kappa shape index (κ2) is 8.61. The van der Waals surface area contributed by atoms with Gasteiger partial charge in [-0.2, -0.15) is 5.26 Å². The molecule has 0 aliphatic heterocycles. The summed E-state index contributed by atoms with van der Waals surface area (Å²) in [7, 11) is 3.17. The average Bonchev–Trinajstić information content (AvgIpc) is 2.67. The van der Waals surface area contributed by atoms with Crippen LogP contribution in [-0.4, -0.2) is 19.2 Å². The first kappa shape index (κ1) is 20.3. The normalized spacial score (nSPS) is 10.2. The minimum absolute atomic E-state index is 0. The molecule has 3 rings (SSSR count). The maximum Gasteiger partial charge on any atom is 0.162 e. The summed E-state index contributed by atoms with van der Waals surface area (Å²) in [6.07, 6.45) is 1.57. The van der Waals surface area contributed by atoms with Crippen LogP contribution in [0.1, 0.15) is 30.9 Å². The third-order valence-corrected chi connectivity index (χ3v) is 4.34. The Morgan fingerprint density at radius 1 is 1.04 bits per heavy atom. The maximum absolute atomic E-state index is 9.51. The van der Waals surface area contributed by atoms with Gasteiger partial charge in [0.1, 0.15) is 6.07 Å². The van der Waals surface area contributed by atoms with Gasteiger partial charge in [0.25, 0.3) is 0 Å². The zero-order chi connectivity index (χ0) is 18.7. The van der Waals surface area contributed by atoms with Gasteiger partial charge in [-0.25, -0.2) is 0 Å². The number of nitrogens with one attached hydrogen (secondary N) is 1. The van der Waals surface area contributed by atoms with Gasteiger partial charge in [-0.15, -0.1) is 12.4 Å². The molecule has 0 atom stereocenters. The molecule has 0 saturated carbocycles. The van der Waals surface area contributed by atoms with Crippen molar-refractivity contribution < 1.29 is 9.47 Å². The van der Waals surface area contributed by atoms with E-state index in [4.69, 9.17) is 9.47 Å². The van der Waals surface area contributed by atoms with Crippen LogP contribution in [0, 0.1) is 11.3 Å². The smallest absolute Gasteiger partial charge is 0.162 e. The van der Waals surface area contributed by atoms with Crippen LogP contribution in [-0.2, 0) is 0 Å². The number of halogens is 1. The van der Waals surface area contributed by atoms with E-state index in [2.05, 4.69) is 42.4 Å². The van der Waals surface area contributed by atoms with Crippen LogP contribution in [0.3, 0.4) is 0 Å². The van der Waals surface area contributed by atoms with Gasteiger partial charge in [-0.05, 0) is 29.7 Å². The quantitative estimate of drug-likeness (QED) is 0.637. The number of fused-ring (bicyclic) bond motifs is 1. The van der Waals surface area contributed by atoms with E-state index < -0.39 is 0 Å². The predicted octanol–water partition coefficient (Wildman–Crippen LogP) is 5.41. The van der Waals surface area contributed by atoms with E-state index >= 15 is 0 Å². The summed E-state index contributed by atoms with van der Waals surface area (Å²) in [5.74, 6) is 1.66. The third-order valence-electron chi connectivity index (χ3n) is 4.34. The minimum Gasteiger partial charge on any atom is -0.493 e. The maximum atomic E-state index is 9.51. The first-order valence-corrected chi connectivity index (χ1v) is 8.39. The Bertz CT molecular complexity index is 979. The first-order valence-electron chi connectivity index (χ1n) is 8.39. The fraction of sp³-hybridized carbons (Fsp3) is 0.238. The number of rotatable bonds is 5. The number of hydrogen-bond acceptors (Lipinski definition) is 5. The van der Waals surface area contributed by atoms with Crippen molar-refractivity contribution in [2.75, 3.05) is 19.5 Å². The fourth-order valence-electron chi connectivity index (χ4n) is 2.83. The summed E-state index contributed by atoms with van der Waals surface area (Å²) in [5.41, 5.74) is 4.08. The number of nitriles is 1. The van der Waals surface area contributed by atoms with E-state index in [9.17, 15) is 5.26 Å². The van der Waals surface area contributed by atoms with Crippen LogP contribution in [0.5, 0.6) is 11.5 Å². The molecule has 6 heteroatoms. The van der Waals surface area contributed by atoms with E-state index in [1.807, 2.05) is 24.3 Å². The summed E-state index contributed by atoms with van der Waals surface area (Å²) < 4.78 is 10.7. The third kappa shape index (κ3) is 4.07. The van der Waals surface area contributed by atoms with Gasteiger partial charge >= 0.3 is 0 Å². The molecule has 5 nitrogen and oxygen atoms in total. The number of ether oxygens (including phenoxy) is 2. The number of benzene rings is 2. The Labute approximate surface area is 165 Å². The molecule has 3 aromatic rings. The lowest BCUT2D eigenvalue weighted by molar-refractivity contribution is 0.356. The molecule has 1 aromatic heterocycles. The molecule has 0 fully saturated rings. The van der Waals surface area contributed by atoms with E-state index in [0.29, 0.717) is 28.7 Å². The standard InChI is InChI=1S/C21H21N3O2.ClH/c1-13(2)14-5-7-16(8-6-14)24-21-15(11-22)12-23-18-10-20(26-4)19(25-3)9-17(18)21;/h5-10,12-13H,1-4H3,(H,23,24);1H. The zero-order valence-electron chi connectivity index (χ0n) is 15.7. The summed E-state index contributed by atoms with van der Waals surface area (Å²) in [6.45, 7) is 4.32. The zero-order valence-corrected chi connectivity index (χ0v) is 16.6. The fourth-order valence-corrected chi connectivity index (χ4v) is 2.83. The lowest BCUT2D eigenvalue weighted by Crippen LogP contribution is -1.99. The second-order valence-electron chi connectivity index (χ2n) is 6.28. The second-order valence-corrected chi connectivity index (χ2v) is 6.28. The molecule has 140 valence electrons. The highest BCUT2D eigenvalue weighted by Crippen LogP contribution is 2.37. The van der Waals surface area contributed by atoms with Gasteiger partial charge in [0, 0.05) is 23.3 Å². The number of pyridine rings is 1. The summed E-state index contributed by atoms with van der Waals surface area (Å²) in [4.78, 5) is 4.38. The van der Waals surface area contributed by atoms with Crippen molar-refractivity contribution in [1.29, 1.82) is 5.26 Å². The highest BCUT2D eigenvalue weighted by Gasteiger charge is 2.14. The van der Waals surface area contributed by atoms with E-state index in [0.717, 1.165) is 16.6 Å². The lowest BCUT2D eigenvalue weighted by atomic mass is 10.0. The molecule has 0 aliphatic rings. The molecule has 2 aromatic carbocycles. The van der Waals surface area contributed by atoms with Crippen LogP contribution in [0.25, 0.3) is 10.9 Å². The van der Waals surface area contributed by atoms with Gasteiger partial charge in [-0.3, -0.25) is 4.98 Å². The predicted molar refractivity (Wildman–Crippen MR) is 111 cm³/mol. The molecule has 0 spiro atoms. The van der Waals surface area contributed by atoms with Crippen molar-refractivity contribution in [3.63, 3.8) is 0 Å². The van der Waals surface area contributed by atoms with Crippen LogP contribution < -0.4 is 14.8 Å². The summed E-state index contributed by atoms with van der Waals surface area (Å²) in [6, 6.07) is 14.1. The first-order chi connectivity index (χ1) is 12.6. The van der Waals surface area contributed by atoms with Crippen molar-refractivity contribution in [2.45, 2.75) is 19.8 Å². The van der Waals surface area contributed by atoms with Crippen LogP contribution >= 0.6 is 12.4 Å². The molecule has 1 heterocycles. The number of aromatic nitrogens is 1. The molecular formula is C21H22ClN3O2. The van der Waals surface area contributed by atoms with Crippen molar-refractivity contribution in [2.24, 2.45) is 0 Å². The molecular weight excluding hydrogens is 362 g/mol. The van der Waals surface area contributed by atoms with Crippen molar-refractivity contribution in [3.05, 3.63) is 53.7 Å².